The van der Waals surface area contributed by atoms with Gasteiger partial charge in [0.15, 0.2) is 0 Å². The first-order valence-corrected chi connectivity index (χ1v) is 9.27. The van der Waals surface area contributed by atoms with Gasteiger partial charge in [0.25, 0.3) is 11.6 Å². The third kappa shape index (κ3) is 3.31. The highest BCUT2D eigenvalue weighted by molar-refractivity contribution is 6.06. The van der Waals surface area contributed by atoms with Gasteiger partial charge in [-0.15, -0.1) is 0 Å². The van der Waals surface area contributed by atoms with Crippen LogP contribution in [0.15, 0.2) is 34.9 Å². The van der Waals surface area contributed by atoms with E-state index in [-0.39, 0.29) is 30.2 Å². The molecule has 3 aromatic rings. The lowest BCUT2D eigenvalue weighted by Crippen LogP contribution is -2.33. The zero-order valence-electron chi connectivity index (χ0n) is 15.7. The number of benzene rings is 1. The van der Waals surface area contributed by atoms with Crippen LogP contribution in [0.4, 0.5) is 4.39 Å². The maximum absolute atomic E-state index is 14.2. The number of halogens is 1. The normalized spacial score (nSPS) is 14.1. The Balaban J connectivity index is 1.77. The summed E-state index contributed by atoms with van der Waals surface area (Å²) >= 11 is 0. The van der Waals surface area contributed by atoms with Crippen LogP contribution < -0.4 is 0 Å². The number of aryl methyl sites for hydroxylation is 1. The Labute approximate surface area is 157 Å². The zero-order valence-corrected chi connectivity index (χ0v) is 15.7. The average molecular weight is 367 g/mol. The summed E-state index contributed by atoms with van der Waals surface area (Å²) in [5, 5.41) is 4.63. The minimum Gasteiger partial charge on any atom is -0.336 e. The van der Waals surface area contributed by atoms with Crippen molar-refractivity contribution in [2.45, 2.75) is 52.1 Å². The van der Waals surface area contributed by atoms with Crippen LogP contribution in [-0.2, 0) is 6.54 Å². The summed E-state index contributed by atoms with van der Waals surface area (Å²) in [6.07, 6.45) is 1.88. The van der Waals surface area contributed by atoms with Gasteiger partial charge >= 0.3 is 0 Å². The number of fused-ring (bicyclic) bond motifs is 1. The number of hydrogen-bond donors (Lipinski definition) is 0. The molecule has 1 saturated carbocycles. The van der Waals surface area contributed by atoms with Gasteiger partial charge in [0, 0.05) is 23.8 Å². The minimum absolute atomic E-state index is 0.124. The van der Waals surface area contributed by atoms with Crippen molar-refractivity contribution in [3.8, 4) is 0 Å². The van der Waals surface area contributed by atoms with Crippen molar-refractivity contribution in [3.05, 3.63) is 58.7 Å². The second kappa shape index (κ2) is 6.76. The Morgan fingerprint density at radius 1 is 1.33 bits per heavy atom. The van der Waals surface area contributed by atoms with Crippen molar-refractivity contribution < 1.29 is 13.7 Å². The molecule has 0 spiro atoms. The molecule has 0 aliphatic heterocycles. The molecule has 1 aromatic carbocycles. The number of carbonyl (C=O) groups excluding carboxylic acids is 1. The summed E-state index contributed by atoms with van der Waals surface area (Å²) < 4.78 is 19.5. The van der Waals surface area contributed by atoms with Crippen LogP contribution in [0, 0.1) is 12.7 Å². The number of rotatable bonds is 5. The first kappa shape index (κ1) is 17.6. The van der Waals surface area contributed by atoms with Crippen molar-refractivity contribution >= 4 is 17.0 Å². The molecule has 1 fully saturated rings. The number of amides is 1. The molecule has 6 heteroatoms. The van der Waals surface area contributed by atoms with Crippen LogP contribution in [0.25, 0.3) is 11.1 Å². The lowest BCUT2D eigenvalue weighted by Gasteiger charge is -2.23. The first-order chi connectivity index (χ1) is 13.0. The van der Waals surface area contributed by atoms with Gasteiger partial charge in [-0.25, -0.2) is 9.37 Å². The van der Waals surface area contributed by atoms with Crippen molar-refractivity contribution in [1.29, 1.82) is 0 Å². The Morgan fingerprint density at radius 3 is 2.74 bits per heavy atom. The van der Waals surface area contributed by atoms with Gasteiger partial charge in [-0.1, -0.05) is 37.2 Å². The largest absolute Gasteiger partial charge is 0.336 e. The third-order valence-corrected chi connectivity index (χ3v) is 5.01. The Morgan fingerprint density at radius 2 is 2.07 bits per heavy atom. The molecular formula is C21H22FN3O2. The molecule has 4 rings (SSSR count). The molecule has 1 aliphatic carbocycles. The van der Waals surface area contributed by atoms with Crippen molar-refractivity contribution in [3.63, 3.8) is 0 Å². The quantitative estimate of drug-likeness (QED) is 0.661. The topological polar surface area (TPSA) is 59.2 Å². The molecule has 0 N–H and O–H groups in total. The molecule has 0 unspecified atom stereocenters. The van der Waals surface area contributed by atoms with Crippen LogP contribution >= 0.6 is 0 Å². The fourth-order valence-electron chi connectivity index (χ4n) is 3.30. The van der Waals surface area contributed by atoms with Crippen LogP contribution in [0.3, 0.4) is 0 Å². The smallest absolute Gasteiger partial charge is 0.259 e. The molecule has 2 heterocycles. The molecule has 0 atom stereocenters. The van der Waals surface area contributed by atoms with Crippen LogP contribution in [0.5, 0.6) is 0 Å². The van der Waals surface area contributed by atoms with E-state index in [1.54, 1.807) is 30.0 Å². The monoisotopic (exact) mass is 367 g/mol. The number of pyridine rings is 1. The second-order valence-electron chi connectivity index (χ2n) is 7.45. The summed E-state index contributed by atoms with van der Waals surface area (Å²) in [7, 11) is 0. The Bertz CT molecular complexity index is 1010. The average Bonchev–Trinajstić information content (AvgIpc) is 3.42. The second-order valence-corrected chi connectivity index (χ2v) is 7.45. The standard InChI is InChI=1S/C21H22FN3O2/c1-12(2)18-10-16(19-13(3)24-27-20(19)23-18)21(26)25(15-8-9-15)11-14-6-4-5-7-17(14)22/h4-7,10,12,15H,8-9,11H2,1-3H3. The maximum atomic E-state index is 14.2. The Kier molecular flexibility index (Phi) is 4.42. The van der Waals surface area contributed by atoms with E-state index in [9.17, 15) is 9.18 Å². The number of aromatic nitrogens is 2. The lowest BCUT2D eigenvalue weighted by atomic mass is 10.0. The highest BCUT2D eigenvalue weighted by atomic mass is 19.1. The van der Waals surface area contributed by atoms with Gasteiger partial charge in [0.05, 0.1) is 16.6 Å². The van der Waals surface area contributed by atoms with E-state index < -0.39 is 0 Å². The molecule has 1 amide bonds. The molecule has 2 aromatic heterocycles. The molecule has 1 aliphatic rings. The molecular weight excluding hydrogens is 345 g/mol. The fraction of sp³-hybridized carbons (Fsp3) is 0.381. The van der Waals surface area contributed by atoms with Crippen LogP contribution in [0.1, 0.15) is 59.9 Å². The third-order valence-electron chi connectivity index (χ3n) is 5.01. The predicted octanol–water partition coefficient (Wildman–Crippen LogP) is 4.60. The van der Waals surface area contributed by atoms with E-state index in [4.69, 9.17) is 4.52 Å². The van der Waals surface area contributed by atoms with Gasteiger partial charge < -0.3 is 9.42 Å². The summed E-state index contributed by atoms with van der Waals surface area (Å²) in [4.78, 5) is 19.8. The molecule has 140 valence electrons. The minimum atomic E-state index is -0.292. The fourth-order valence-corrected chi connectivity index (χ4v) is 3.30. The highest BCUT2D eigenvalue weighted by Gasteiger charge is 2.35. The van der Waals surface area contributed by atoms with E-state index in [0.717, 1.165) is 18.5 Å². The highest BCUT2D eigenvalue weighted by Crippen LogP contribution is 2.33. The van der Waals surface area contributed by atoms with Gasteiger partial charge in [-0.3, -0.25) is 4.79 Å². The number of hydrogen-bond acceptors (Lipinski definition) is 4. The lowest BCUT2D eigenvalue weighted by molar-refractivity contribution is 0.0730. The van der Waals surface area contributed by atoms with Crippen molar-refractivity contribution in [2.75, 3.05) is 0 Å². The van der Waals surface area contributed by atoms with Gasteiger partial charge in [-0.05, 0) is 37.8 Å². The van der Waals surface area contributed by atoms with Gasteiger partial charge in [-0.2, -0.15) is 0 Å². The zero-order chi connectivity index (χ0) is 19.1. The number of nitrogens with zero attached hydrogens (tertiary/aromatic N) is 3. The predicted molar refractivity (Wildman–Crippen MR) is 99.9 cm³/mol. The molecule has 0 bridgehead atoms. The summed E-state index contributed by atoms with van der Waals surface area (Å²) in [6.45, 7) is 6.09. The van der Waals surface area contributed by atoms with Gasteiger partial charge in [0.1, 0.15) is 5.82 Å². The van der Waals surface area contributed by atoms with Crippen LogP contribution in [-0.4, -0.2) is 27.0 Å². The van der Waals surface area contributed by atoms with Crippen molar-refractivity contribution in [2.24, 2.45) is 0 Å². The summed E-state index contributed by atoms with van der Waals surface area (Å²) in [5.74, 6) is -0.270. The summed E-state index contributed by atoms with van der Waals surface area (Å²) in [6, 6.07) is 8.57. The Hall–Kier alpha value is -2.76. The first-order valence-electron chi connectivity index (χ1n) is 9.27. The van der Waals surface area contributed by atoms with Gasteiger partial charge in [0.2, 0.25) is 0 Å². The number of carbonyl (C=O) groups is 1. The van der Waals surface area contributed by atoms with Crippen LogP contribution in [0.2, 0.25) is 0 Å². The van der Waals surface area contributed by atoms with Crippen molar-refractivity contribution in [1.82, 2.24) is 15.0 Å². The maximum Gasteiger partial charge on any atom is 0.259 e. The molecule has 5 nitrogen and oxygen atoms in total. The molecule has 0 radical (unpaired) electrons. The molecule has 27 heavy (non-hydrogen) atoms. The molecule has 0 saturated heterocycles. The van der Waals surface area contributed by atoms with E-state index in [1.165, 1.54) is 6.07 Å². The van der Waals surface area contributed by atoms with E-state index in [2.05, 4.69) is 10.1 Å². The summed E-state index contributed by atoms with van der Waals surface area (Å²) in [5.41, 5.74) is 2.85. The van der Waals surface area contributed by atoms with E-state index >= 15 is 0 Å². The van der Waals surface area contributed by atoms with E-state index in [1.807, 2.05) is 19.9 Å². The SMILES string of the molecule is Cc1noc2nc(C(C)C)cc(C(=O)N(Cc3ccccc3F)C3CC3)c12. The van der Waals surface area contributed by atoms with E-state index in [0.29, 0.717) is 27.9 Å².